The van der Waals surface area contributed by atoms with Gasteiger partial charge >= 0.3 is 0 Å². The topological polar surface area (TPSA) is 44.9 Å². The Balaban J connectivity index is 2.50. The van der Waals surface area contributed by atoms with Crippen molar-refractivity contribution >= 4 is 6.29 Å². The van der Waals surface area contributed by atoms with Crippen LogP contribution in [-0.4, -0.2) is 17.8 Å². The Kier molecular flexibility index (Phi) is 2.19. The number of hydrogen-bond acceptors (Lipinski definition) is 2. The van der Waals surface area contributed by atoms with Crippen LogP contribution in [0.3, 0.4) is 0 Å². The summed E-state index contributed by atoms with van der Waals surface area (Å²) in [5.41, 5.74) is 4.39. The lowest BCUT2D eigenvalue weighted by Gasteiger charge is -2.12. The van der Waals surface area contributed by atoms with Gasteiger partial charge in [-0.3, -0.25) is 4.79 Å². The standard InChI is InChI=1S/C10H14N2O/c1-2-9-8(6-13)7-5-11-4-3-10(7)12-9/h6,11-12H,2-5H2,1H3. The van der Waals surface area contributed by atoms with Crippen molar-refractivity contribution in [2.75, 3.05) is 6.54 Å². The van der Waals surface area contributed by atoms with Crippen molar-refractivity contribution in [3.63, 3.8) is 0 Å². The van der Waals surface area contributed by atoms with E-state index in [1.54, 1.807) is 0 Å². The fourth-order valence-electron chi connectivity index (χ4n) is 1.93. The van der Waals surface area contributed by atoms with Crippen molar-refractivity contribution in [1.29, 1.82) is 0 Å². The summed E-state index contributed by atoms with van der Waals surface area (Å²) in [5, 5.41) is 3.27. The van der Waals surface area contributed by atoms with Crippen molar-refractivity contribution in [3.8, 4) is 0 Å². The lowest BCUT2D eigenvalue weighted by Crippen LogP contribution is -2.23. The lowest BCUT2D eigenvalue weighted by atomic mass is 10.0. The molecular formula is C10H14N2O. The van der Waals surface area contributed by atoms with Gasteiger partial charge in [-0.15, -0.1) is 0 Å². The fraction of sp³-hybridized carbons (Fsp3) is 0.500. The normalized spacial score (nSPS) is 15.5. The smallest absolute Gasteiger partial charge is 0.152 e. The molecule has 0 fully saturated rings. The zero-order chi connectivity index (χ0) is 9.26. The van der Waals surface area contributed by atoms with Gasteiger partial charge in [-0.1, -0.05) is 6.92 Å². The Morgan fingerprint density at radius 3 is 3.08 bits per heavy atom. The Hall–Kier alpha value is -1.09. The van der Waals surface area contributed by atoms with Crippen LogP contribution in [0.1, 0.15) is 34.2 Å². The highest BCUT2D eigenvalue weighted by Crippen LogP contribution is 2.20. The Morgan fingerprint density at radius 2 is 2.38 bits per heavy atom. The van der Waals surface area contributed by atoms with Crippen LogP contribution in [0.5, 0.6) is 0 Å². The molecule has 0 aromatic carbocycles. The minimum atomic E-state index is 0.833. The first kappa shape index (κ1) is 8.51. The van der Waals surface area contributed by atoms with Gasteiger partial charge in [0.05, 0.1) is 0 Å². The number of aldehydes is 1. The van der Waals surface area contributed by atoms with E-state index in [4.69, 9.17) is 0 Å². The number of rotatable bonds is 2. The summed E-state index contributed by atoms with van der Waals surface area (Å²) in [6.07, 6.45) is 2.89. The Bertz CT molecular complexity index is 328. The zero-order valence-electron chi connectivity index (χ0n) is 7.81. The van der Waals surface area contributed by atoms with Crippen LogP contribution in [0.4, 0.5) is 0 Å². The van der Waals surface area contributed by atoms with Gasteiger partial charge in [-0.05, 0) is 12.0 Å². The quantitative estimate of drug-likeness (QED) is 0.664. The van der Waals surface area contributed by atoms with E-state index in [0.29, 0.717) is 0 Å². The van der Waals surface area contributed by atoms with Gasteiger partial charge in [0.25, 0.3) is 0 Å². The second-order valence-electron chi connectivity index (χ2n) is 3.37. The number of nitrogens with one attached hydrogen (secondary N) is 2. The molecule has 1 aliphatic rings. The van der Waals surface area contributed by atoms with Crippen LogP contribution in [-0.2, 0) is 19.4 Å². The number of aromatic amines is 1. The third-order valence-corrected chi connectivity index (χ3v) is 2.64. The van der Waals surface area contributed by atoms with Crippen LogP contribution in [0, 0.1) is 0 Å². The number of H-pyrrole nitrogens is 1. The van der Waals surface area contributed by atoms with Gasteiger partial charge in [-0.2, -0.15) is 0 Å². The number of carbonyl (C=O) groups excluding carboxylic acids is 1. The molecule has 1 aromatic rings. The molecule has 0 bridgehead atoms. The van der Waals surface area contributed by atoms with Gasteiger partial charge in [-0.25, -0.2) is 0 Å². The number of carbonyl (C=O) groups is 1. The SMILES string of the molecule is CCc1[nH]c2c(c1C=O)CNCC2. The van der Waals surface area contributed by atoms with E-state index in [1.165, 1.54) is 11.3 Å². The van der Waals surface area contributed by atoms with Crippen LogP contribution >= 0.6 is 0 Å². The van der Waals surface area contributed by atoms with E-state index >= 15 is 0 Å². The molecule has 0 spiro atoms. The number of hydrogen-bond donors (Lipinski definition) is 2. The summed E-state index contributed by atoms with van der Waals surface area (Å²) in [4.78, 5) is 14.2. The summed E-state index contributed by atoms with van der Waals surface area (Å²) in [7, 11) is 0. The zero-order valence-corrected chi connectivity index (χ0v) is 7.81. The maximum Gasteiger partial charge on any atom is 0.152 e. The fourth-order valence-corrected chi connectivity index (χ4v) is 1.93. The summed E-state index contributed by atoms with van der Waals surface area (Å²) < 4.78 is 0. The van der Waals surface area contributed by atoms with E-state index in [-0.39, 0.29) is 0 Å². The average molecular weight is 178 g/mol. The molecule has 0 saturated carbocycles. The van der Waals surface area contributed by atoms with Gasteiger partial charge in [0.2, 0.25) is 0 Å². The molecule has 2 heterocycles. The highest BCUT2D eigenvalue weighted by molar-refractivity contribution is 5.80. The Labute approximate surface area is 77.5 Å². The lowest BCUT2D eigenvalue weighted by molar-refractivity contribution is 0.112. The van der Waals surface area contributed by atoms with E-state index in [2.05, 4.69) is 17.2 Å². The maximum absolute atomic E-state index is 10.9. The van der Waals surface area contributed by atoms with Gasteiger partial charge in [0, 0.05) is 36.5 Å². The first-order valence-electron chi connectivity index (χ1n) is 4.75. The van der Waals surface area contributed by atoms with Crippen molar-refractivity contribution in [2.24, 2.45) is 0 Å². The molecule has 2 rings (SSSR count). The summed E-state index contributed by atoms with van der Waals surface area (Å²) in [6, 6.07) is 0. The maximum atomic E-state index is 10.9. The van der Waals surface area contributed by atoms with E-state index < -0.39 is 0 Å². The predicted octanol–water partition coefficient (Wildman–Crippen LogP) is 1.04. The number of aromatic nitrogens is 1. The monoisotopic (exact) mass is 178 g/mol. The predicted molar refractivity (Wildman–Crippen MR) is 51.0 cm³/mol. The molecule has 0 amide bonds. The van der Waals surface area contributed by atoms with Gasteiger partial charge in [0.15, 0.2) is 6.29 Å². The van der Waals surface area contributed by atoms with Gasteiger partial charge < -0.3 is 10.3 Å². The van der Waals surface area contributed by atoms with E-state index in [0.717, 1.165) is 43.5 Å². The Morgan fingerprint density at radius 1 is 1.54 bits per heavy atom. The molecule has 2 N–H and O–H groups in total. The molecule has 1 aliphatic heterocycles. The first-order valence-corrected chi connectivity index (χ1v) is 4.75. The molecule has 3 nitrogen and oxygen atoms in total. The minimum absolute atomic E-state index is 0.833. The third-order valence-electron chi connectivity index (χ3n) is 2.64. The van der Waals surface area contributed by atoms with Crippen molar-refractivity contribution in [1.82, 2.24) is 10.3 Å². The summed E-state index contributed by atoms with van der Waals surface area (Å²) in [5.74, 6) is 0. The van der Waals surface area contributed by atoms with Gasteiger partial charge in [0.1, 0.15) is 0 Å². The largest absolute Gasteiger partial charge is 0.361 e. The second-order valence-corrected chi connectivity index (χ2v) is 3.37. The number of fused-ring (bicyclic) bond motifs is 1. The molecule has 70 valence electrons. The first-order chi connectivity index (χ1) is 6.36. The highest BCUT2D eigenvalue weighted by Gasteiger charge is 2.17. The molecule has 0 saturated heterocycles. The number of aryl methyl sites for hydroxylation is 1. The van der Waals surface area contributed by atoms with Crippen molar-refractivity contribution in [3.05, 3.63) is 22.5 Å². The second kappa shape index (κ2) is 3.34. The van der Waals surface area contributed by atoms with Crippen LogP contribution in [0.2, 0.25) is 0 Å². The average Bonchev–Trinajstić information content (AvgIpc) is 2.55. The van der Waals surface area contributed by atoms with E-state index in [1.807, 2.05) is 0 Å². The molecule has 13 heavy (non-hydrogen) atoms. The van der Waals surface area contributed by atoms with E-state index in [9.17, 15) is 4.79 Å². The molecule has 0 atom stereocenters. The van der Waals surface area contributed by atoms with Crippen molar-refractivity contribution < 1.29 is 4.79 Å². The third kappa shape index (κ3) is 1.29. The molecule has 0 radical (unpaired) electrons. The molecule has 3 heteroatoms. The van der Waals surface area contributed by atoms with Crippen LogP contribution in [0.15, 0.2) is 0 Å². The van der Waals surface area contributed by atoms with Crippen LogP contribution in [0.25, 0.3) is 0 Å². The minimum Gasteiger partial charge on any atom is -0.361 e. The highest BCUT2D eigenvalue weighted by atomic mass is 16.1. The molecule has 0 aliphatic carbocycles. The summed E-state index contributed by atoms with van der Waals surface area (Å²) >= 11 is 0. The molecule has 0 unspecified atom stereocenters. The molecular weight excluding hydrogens is 164 g/mol. The molecule has 1 aromatic heterocycles. The summed E-state index contributed by atoms with van der Waals surface area (Å²) in [6.45, 7) is 3.91. The van der Waals surface area contributed by atoms with Crippen LogP contribution < -0.4 is 5.32 Å². The van der Waals surface area contributed by atoms with Crippen molar-refractivity contribution in [2.45, 2.75) is 26.3 Å².